The van der Waals surface area contributed by atoms with Crippen molar-refractivity contribution in [1.82, 2.24) is 0 Å². The van der Waals surface area contributed by atoms with Crippen LogP contribution < -0.4 is 5.73 Å². The maximum atomic E-state index is 6.16. The van der Waals surface area contributed by atoms with Gasteiger partial charge in [0.15, 0.2) is 4.67 Å². The summed E-state index contributed by atoms with van der Waals surface area (Å²) in [6.45, 7) is 0. The molecule has 13 heavy (non-hydrogen) atoms. The van der Waals surface area contributed by atoms with E-state index in [1.165, 1.54) is 25.7 Å². The molecule has 0 aromatic carbocycles. The number of hydrogen-bond donors (Lipinski definition) is 1. The third-order valence-corrected chi connectivity index (χ3v) is 3.56. The summed E-state index contributed by atoms with van der Waals surface area (Å²) < 4.78 is 5.98. The summed E-state index contributed by atoms with van der Waals surface area (Å²) in [5, 5.41) is 0. The van der Waals surface area contributed by atoms with Crippen molar-refractivity contribution in [3.63, 3.8) is 0 Å². The maximum absolute atomic E-state index is 6.16. The van der Waals surface area contributed by atoms with Crippen LogP contribution in [0.4, 0.5) is 0 Å². The lowest BCUT2D eigenvalue weighted by Crippen LogP contribution is -2.18. The molecule has 1 aliphatic rings. The zero-order chi connectivity index (χ0) is 9.26. The lowest BCUT2D eigenvalue weighted by atomic mass is 9.94. The molecule has 0 bridgehead atoms. The molecule has 1 atom stereocenters. The van der Waals surface area contributed by atoms with Crippen LogP contribution in [0.1, 0.15) is 37.3 Å². The Morgan fingerprint density at radius 3 is 2.69 bits per heavy atom. The van der Waals surface area contributed by atoms with Crippen LogP contribution >= 0.6 is 15.9 Å². The molecule has 0 aliphatic heterocycles. The number of halogens is 1. The van der Waals surface area contributed by atoms with E-state index in [9.17, 15) is 0 Å². The molecule has 1 fully saturated rings. The molecule has 1 saturated carbocycles. The zero-order valence-corrected chi connectivity index (χ0v) is 9.09. The smallest absolute Gasteiger partial charge is 0.173 e. The SMILES string of the molecule is NC(c1ccoc1Br)C1CCCC1. The summed E-state index contributed by atoms with van der Waals surface area (Å²) in [5.41, 5.74) is 7.27. The first-order valence-electron chi connectivity index (χ1n) is 4.77. The Hall–Kier alpha value is -0.280. The van der Waals surface area contributed by atoms with Crippen molar-refractivity contribution in [2.24, 2.45) is 11.7 Å². The van der Waals surface area contributed by atoms with Gasteiger partial charge in [-0.05, 0) is 40.8 Å². The molecule has 3 heteroatoms. The van der Waals surface area contributed by atoms with E-state index in [-0.39, 0.29) is 6.04 Å². The van der Waals surface area contributed by atoms with Gasteiger partial charge in [-0.2, -0.15) is 0 Å². The van der Waals surface area contributed by atoms with E-state index < -0.39 is 0 Å². The van der Waals surface area contributed by atoms with E-state index in [1.54, 1.807) is 6.26 Å². The van der Waals surface area contributed by atoms with E-state index in [1.807, 2.05) is 6.07 Å². The average molecular weight is 244 g/mol. The molecular weight excluding hydrogens is 230 g/mol. The van der Waals surface area contributed by atoms with E-state index in [4.69, 9.17) is 10.2 Å². The van der Waals surface area contributed by atoms with Crippen LogP contribution in [0.3, 0.4) is 0 Å². The van der Waals surface area contributed by atoms with Gasteiger partial charge in [0, 0.05) is 11.6 Å². The minimum Gasteiger partial charge on any atom is -0.457 e. The number of hydrogen-bond acceptors (Lipinski definition) is 2. The second kappa shape index (κ2) is 3.84. The predicted octanol–water partition coefficient (Wildman–Crippen LogP) is 3.23. The van der Waals surface area contributed by atoms with E-state index >= 15 is 0 Å². The molecule has 0 radical (unpaired) electrons. The second-order valence-corrected chi connectivity index (χ2v) is 4.44. The van der Waals surface area contributed by atoms with Crippen molar-refractivity contribution in [2.45, 2.75) is 31.7 Å². The van der Waals surface area contributed by atoms with Crippen LogP contribution in [-0.4, -0.2) is 0 Å². The lowest BCUT2D eigenvalue weighted by Gasteiger charge is -2.17. The molecule has 0 spiro atoms. The minimum absolute atomic E-state index is 0.149. The topological polar surface area (TPSA) is 39.2 Å². The van der Waals surface area contributed by atoms with Crippen LogP contribution in [0.2, 0.25) is 0 Å². The molecule has 1 aromatic heterocycles. The third kappa shape index (κ3) is 1.81. The summed E-state index contributed by atoms with van der Waals surface area (Å²) in [6, 6.07) is 2.11. The van der Waals surface area contributed by atoms with Crippen molar-refractivity contribution < 1.29 is 4.42 Å². The number of nitrogens with two attached hydrogens (primary N) is 1. The Bertz CT molecular complexity index is 278. The third-order valence-electron chi connectivity index (χ3n) is 2.91. The summed E-state index contributed by atoms with van der Waals surface area (Å²) in [6.07, 6.45) is 6.87. The van der Waals surface area contributed by atoms with Crippen molar-refractivity contribution in [1.29, 1.82) is 0 Å². The van der Waals surface area contributed by atoms with Gasteiger partial charge < -0.3 is 10.2 Å². The van der Waals surface area contributed by atoms with Crippen molar-refractivity contribution in [3.8, 4) is 0 Å². The average Bonchev–Trinajstić information content (AvgIpc) is 2.72. The normalized spacial score (nSPS) is 20.8. The van der Waals surface area contributed by atoms with Gasteiger partial charge in [-0.25, -0.2) is 0 Å². The van der Waals surface area contributed by atoms with Gasteiger partial charge in [-0.3, -0.25) is 0 Å². The van der Waals surface area contributed by atoms with Crippen molar-refractivity contribution >= 4 is 15.9 Å². The Balaban J connectivity index is 2.12. The Morgan fingerprint density at radius 2 is 2.15 bits per heavy atom. The highest BCUT2D eigenvalue weighted by atomic mass is 79.9. The highest BCUT2D eigenvalue weighted by Gasteiger charge is 2.25. The summed E-state index contributed by atoms with van der Waals surface area (Å²) >= 11 is 3.37. The summed E-state index contributed by atoms with van der Waals surface area (Å²) in [5.74, 6) is 0.647. The minimum atomic E-state index is 0.149. The fraction of sp³-hybridized carbons (Fsp3) is 0.600. The van der Waals surface area contributed by atoms with Gasteiger partial charge >= 0.3 is 0 Å². The molecule has 2 rings (SSSR count). The van der Waals surface area contributed by atoms with Gasteiger partial charge in [-0.1, -0.05) is 12.8 Å². The van der Waals surface area contributed by atoms with E-state index in [2.05, 4.69) is 15.9 Å². The fourth-order valence-corrected chi connectivity index (χ4v) is 2.62. The molecule has 72 valence electrons. The number of rotatable bonds is 2. The molecule has 1 aliphatic carbocycles. The maximum Gasteiger partial charge on any atom is 0.173 e. The highest BCUT2D eigenvalue weighted by Crippen LogP contribution is 2.36. The van der Waals surface area contributed by atoms with Gasteiger partial charge in [0.2, 0.25) is 0 Å². The second-order valence-electron chi connectivity index (χ2n) is 3.72. The first-order chi connectivity index (χ1) is 6.29. The zero-order valence-electron chi connectivity index (χ0n) is 7.50. The van der Waals surface area contributed by atoms with Crippen LogP contribution in [-0.2, 0) is 0 Å². The highest BCUT2D eigenvalue weighted by molar-refractivity contribution is 9.10. The monoisotopic (exact) mass is 243 g/mol. The standard InChI is InChI=1S/C10H14BrNO/c11-10-8(5-6-13-10)9(12)7-3-1-2-4-7/h5-7,9H,1-4,12H2. The van der Waals surface area contributed by atoms with E-state index in [0.29, 0.717) is 5.92 Å². The molecule has 1 aromatic rings. The van der Waals surface area contributed by atoms with Gasteiger partial charge in [0.05, 0.1) is 6.26 Å². The van der Waals surface area contributed by atoms with Gasteiger partial charge in [0.25, 0.3) is 0 Å². The predicted molar refractivity (Wildman–Crippen MR) is 55.3 cm³/mol. The summed E-state index contributed by atoms with van der Waals surface area (Å²) in [4.78, 5) is 0. The van der Waals surface area contributed by atoms with E-state index in [0.717, 1.165) is 10.2 Å². The Kier molecular flexibility index (Phi) is 2.74. The van der Waals surface area contributed by atoms with Crippen molar-refractivity contribution in [3.05, 3.63) is 22.6 Å². The van der Waals surface area contributed by atoms with Crippen LogP contribution in [0, 0.1) is 5.92 Å². The fourth-order valence-electron chi connectivity index (χ4n) is 2.11. The Labute approximate surface area is 86.6 Å². The number of furan rings is 1. The quantitative estimate of drug-likeness (QED) is 0.867. The lowest BCUT2D eigenvalue weighted by molar-refractivity contribution is 0.435. The largest absolute Gasteiger partial charge is 0.457 e. The van der Waals surface area contributed by atoms with Crippen LogP contribution in [0.15, 0.2) is 21.4 Å². The van der Waals surface area contributed by atoms with Crippen LogP contribution in [0.5, 0.6) is 0 Å². The molecule has 2 N–H and O–H groups in total. The molecular formula is C10H14BrNO. The first kappa shape index (κ1) is 9.28. The molecule has 0 saturated heterocycles. The first-order valence-corrected chi connectivity index (χ1v) is 5.57. The van der Waals surface area contributed by atoms with Gasteiger partial charge in [-0.15, -0.1) is 0 Å². The molecule has 2 nitrogen and oxygen atoms in total. The molecule has 1 unspecified atom stereocenters. The van der Waals surface area contributed by atoms with Gasteiger partial charge in [0.1, 0.15) is 0 Å². The summed E-state index contributed by atoms with van der Waals surface area (Å²) in [7, 11) is 0. The Morgan fingerprint density at radius 1 is 1.46 bits per heavy atom. The van der Waals surface area contributed by atoms with Crippen molar-refractivity contribution in [2.75, 3.05) is 0 Å². The molecule has 0 amide bonds. The molecule has 1 heterocycles. The van der Waals surface area contributed by atoms with Crippen LogP contribution in [0.25, 0.3) is 0 Å².